The molecule has 2 heteroatoms. The van der Waals surface area contributed by atoms with Gasteiger partial charge in [0.2, 0.25) is 0 Å². The molecular formula is C13H19NO. The summed E-state index contributed by atoms with van der Waals surface area (Å²) in [6, 6.07) is 8.94. The van der Waals surface area contributed by atoms with Crippen molar-refractivity contribution in [3.63, 3.8) is 0 Å². The third-order valence-electron chi connectivity index (χ3n) is 3.06. The Balaban J connectivity index is 2.16. The van der Waals surface area contributed by atoms with Crippen LogP contribution in [0.15, 0.2) is 24.3 Å². The van der Waals surface area contributed by atoms with Crippen LogP contribution in [0.1, 0.15) is 31.9 Å². The average molecular weight is 205 g/mol. The van der Waals surface area contributed by atoms with E-state index in [4.69, 9.17) is 4.74 Å². The molecule has 1 heterocycles. The van der Waals surface area contributed by atoms with Gasteiger partial charge in [-0.05, 0) is 43.5 Å². The molecule has 1 aromatic rings. The second-order valence-corrected chi connectivity index (χ2v) is 4.20. The summed E-state index contributed by atoms with van der Waals surface area (Å²) in [4.78, 5) is 0. The maximum atomic E-state index is 5.51. The largest absolute Gasteiger partial charge is 0.494 e. The van der Waals surface area contributed by atoms with E-state index in [2.05, 4.69) is 30.4 Å². The molecule has 1 aromatic carbocycles. The number of ether oxygens (including phenoxy) is 1. The molecule has 0 radical (unpaired) electrons. The van der Waals surface area contributed by atoms with Gasteiger partial charge in [0.1, 0.15) is 5.75 Å². The Morgan fingerprint density at radius 1 is 1.47 bits per heavy atom. The Morgan fingerprint density at radius 3 is 3.00 bits per heavy atom. The molecule has 0 spiro atoms. The summed E-state index contributed by atoms with van der Waals surface area (Å²) in [6.45, 7) is 6.18. The van der Waals surface area contributed by atoms with Crippen molar-refractivity contribution in [2.24, 2.45) is 5.92 Å². The predicted octanol–water partition coefficient (Wildman–Crippen LogP) is 2.76. The van der Waals surface area contributed by atoms with Crippen LogP contribution in [-0.4, -0.2) is 13.2 Å². The van der Waals surface area contributed by atoms with E-state index in [9.17, 15) is 0 Å². The van der Waals surface area contributed by atoms with E-state index in [1.165, 1.54) is 12.0 Å². The van der Waals surface area contributed by atoms with Gasteiger partial charge in [-0.25, -0.2) is 0 Å². The van der Waals surface area contributed by atoms with Gasteiger partial charge in [0, 0.05) is 6.04 Å². The Bertz CT molecular complexity index is 324. The molecule has 15 heavy (non-hydrogen) atoms. The van der Waals surface area contributed by atoms with Gasteiger partial charge in [-0.2, -0.15) is 0 Å². The lowest BCUT2D eigenvalue weighted by Gasteiger charge is -2.16. The normalized spacial score (nSPS) is 25.5. The number of nitrogens with one attached hydrogen (secondary N) is 1. The Labute approximate surface area is 91.6 Å². The molecule has 1 fully saturated rings. The van der Waals surface area contributed by atoms with Gasteiger partial charge < -0.3 is 10.1 Å². The first-order chi connectivity index (χ1) is 7.31. The second kappa shape index (κ2) is 4.67. The summed E-state index contributed by atoms with van der Waals surface area (Å²) in [7, 11) is 0. The van der Waals surface area contributed by atoms with Crippen molar-refractivity contribution in [1.29, 1.82) is 0 Å². The first-order valence-electron chi connectivity index (χ1n) is 5.77. The minimum Gasteiger partial charge on any atom is -0.494 e. The molecule has 2 atom stereocenters. The molecule has 82 valence electrons. The molecule has 2 unspecified atom stereocenters. The fraction of sp³-hybridized carbons (Fsp3) is 0.538. The van der Waals surface area contributed by atoms with Crippen molar-refractivity contribution in [3.05, 3.63) is 29.8 Å². The summed E-state index contributed by atoms with van der Waals surface area (Å²) in [5, 5.41) is 3.54. The second-order valence-electron chi connectivity index (χ2n) is 4.20. The molecule has 0 saturated carbocycles. The Morgan fingerprint density at radius 2 is 2.33 bits per heavy atom. The van der Waals surface area contributed by atoms with Crippen LogP contribution in [0, 0.1) is 5.92 Å². The molecule has 0 amide bonds. The summed E-state index contributed by atoms with van der Waals surface area (Å²) >= 11 is 0. The van der Waals surface area contributed by atoms with Crippen LogP contribution >= 0.6 is 0 Å². The molecule has 1 N–H and O–H groups in total. The maximum absolute atomic E-state index is 5.51. The molecule has 2 nitrogen and oxygen atoms in total. The van der Waals surface area contributed by atoms with Crippen molar-refractivity contribution in [1.82, 2.24) is 5.32 Å². The van der Waals surface area contributed by atoms with E-state index in [0.717, 1.165) is 24.8 Å². The highest BCUT2D eigenvalue weighted by Crippen LogP contribution is 2.30. The van der Waals surface area contributed by atoms with Gasteiger partial charge >= 0.3 is 0 Å². The number of rotatable bonds is 3. The fourth-order valence-electron chi connectivity index (χ4n) is 2.25. The third kappa shape index (κ3) is 2.32. The van der Waals surface area contributed by atoms with Crippen molar-refractivity contribution in [2.75, 3.05) is 13.2 Å². The molecule has 2 rings (SSSR count). The molecule has 0 bridgehead atoms. The van der Waals surface area contributed by atoms with Crippen LogP contribution < -0.4 is 10.1 Å². The number of benzene rings is 1. The Kier molecular flexibility index (Phi) is 3.27. The monoisotopic (exact) mass is 205 g/mol. The fourth-order valence-corrected chi connectivity index (χ4v) is 2.25. The van der Waals surface area contributed by atoms with Crippen LogP contribution in [-0.2, 0) is 0 Å². The highest BCUT2D eigenvalue weighted by Gasteiger charge is 2.24. The lowest BCUT2D eigenvalue weighted by atomic mass is 9.96. The Hall–Kier alpha value is -1.02. The quantitative estimate of drug-likeness (QED) is 0.819. The predicted molar refractivity (Wildman–Crippen MR) is 62.1 cm³/mol. The van der Waals surface area contributed by atoms with Crippen LogP contribution in [0.2, 0.25) is 0 Å². The van der Waals surface area contributed by atoms with Crippen LogP contribution in [0.25, 0.3) is 0 Å². The van der Waals surface area contributed by atoms with E-state index in [-0.39, 0.29) is 0 Å². The zero-order chi connectivity index (χ0) is 10.7. The summed E-state index contributed by atoms with van der Waals surface area (Å²) in [6.07, 6.45) is 1.27. The topological polar surface area (TPSA) is 21.3 Å². The smallest absolute Gasteiger partial charge is 0.119 e. The zero-order valence-electron chi connectivity index (χ0n) is 9.49. The third-order valence-corrected chi connectivity index (χ3v) is 3.06. The first-order valence-corrected chi connectivity index (χ1v) is 5.77. The van der Waals surface area contributed by atoms with Gasteiger partial charge in [0.15, 0.2) is 0 Å². The van der Waals surface area contributed by atoms with Crippen molar-refractivity contribution >= 4 is 0 Å². The highest BCUT2D eigenvalue weighted by atomic mass is 16.5. The van der Waals surface area contributed by atoms with Crippen LogP contribution in [0.3, 0.4) is 0 Å². The van der Waals surface area contributed by atoms with Crippen LogP contribution in [0.5, 0.6) is 5.75 Å². The minimum atomic E-state index is 0.505. The van der Waals surface area contributed by atoms with E-state index in [1.54, 1.807) is 0 Å². The standard InChI is InChI=1S/C13H19NO/c1-3-15-12-6-4-5-11(9-12)13-10(2)7-8-14-13/h4-6,9-10,13-14H,3,7-8H2,1-2H3. The molecule has 1 aliphatic heterocycles. The molecule has 1 saturated heterocycles. The van der Waals surface area contributed by atoms with Crippen molar-refractivity contribution in [2.45, 2.75) is 26.3 Å². The van der Waals surface area contributed by atoms with E-state index < -0.39 is 0 Å². The van der Waals surface area contributed by atoms with Gasteiger partial charge in [0.05, 0.1) is 6.61 Å². The van der Waals surface area contributed by atoms with Gasteiger partial charge in [-0.1, -0.05) is 19.1 Å². The van der Waals surface area contributed by atoms with Gasteiger partial charge in [-0.15, -0.1) is 0 Å². The summed E-state index contributed by atoms with van der Waals surface area (Å²) < 4.78 is 5.51. The SMILES string of the molecule is CCOc1cccc(C2NCCC2C)c1. The summed E-state index contributed by atoms with van der Waals surface area (Å²) in [5.41, 5.74) is 1.35. The lowest BCUT2D eigenvalue weighted by molar-refractivity contribution is 0.339. The van der Waals surface area contributed by atoms with E-state index >= 15 is 0 Å². The first kappa shape index (κ1) is 10.5. The molecular weight excluding hydrogens is 186 g/mol. The average Bonchev–Trinajstić information content (AvgIpc) is 2.65. The lowest BCUT2D eigenvalue weighted by Crippen LogP contribution is -2.16. The van der Waals surface area contributed by atoms with E-state index in [1.807, 2.05) is 13.0 Å². The van der Waals surface area contributed by atoms with Crippen molar-refractivity contribution < 1.29 is 4.74 Å². The number of hydrogen-bond donors (Lipinski definition) is 1. The molecule has 0 aromatic heterocycles. The summed E-state index contributed by atoms with van der Waals surface area (Å²) in [5.74, 6) is 1.71. The van der Waals surface area contributed by atoms with Crippen molar-refractivity contribution in [3.8, 4) is 5.75 Å². The van der Waals surface area contributed by atoms with E-state index in [0.29, 0.717) is 6.04 Å². The maximum Gasteiger partial charge on any atom is 0.119 e. The molecule has 0 aliphatic carbocycles. The highest BCUT2D eigenvalue weighted by molar-refractivity contribution is 5.31. The zero-order valence-corrected chi connectivity index (χ0v) is 9.49. The van der Waals surface area contributed by atoms with Gasteiger partial charge in [-0.3, -0.25) is 0 Å². The number of hydrogen-bond acceptors (Lipinski definition) is 2. The minimum absolute atomic E-state index is 0.505. The molecule has 1 aliphatic rings. The van der Waals surface area contributed by atoms with Crippen LogP contribution in [0.4, 0.5) is 0 Å². The van der Waals surface area contributed by atoms with Gasteiger partial charge in [0.25, 0.3) is 0 Å².